The van der Waals surface area contributed by atoms with Crippen molar-refractivity contribution in [2.24, 2.45) is 7.05 Å². The average molecular weight is 487 g/mol. The van der Waals surface area contributed by atoms with Gasteiger partial charge in [0.1, 0.15) is 11.4 Å². The van der Waals surface area contributed by atoms with E-state index in [4.69, 9.17) is 9.72 Å². The van der Waals surface area contributed by atoms with Crippen LogP contribution in [0.25, 0.3) is 22.3 Å². The van der Waals surface area contributed by atoms with Crippen LogP contribution in [0.4, 0.5) is 23.0 Å². The summed E-state index contributed by atoms with van der Waals surface area (Å²) in [4.78, 5) is 23.2. The van der Waals surface area contributed by atoms with Gasteiger partial charge in [0, 0.05) is 37.8 Å². The van der Waals surface area contributed by atoms with Crippen LogP contribution in [0.3, 0.4) is 0 Å². The molecule has 2 aromatic carbocycles. The minimum atomic E-state index is -0.318. The smallest absolute Gasteiger partial charge is 0.247 e. The van der Waals surface area contributed by atoms with Gasteiger partial charge in [-0.15, -0.1) is 0 Å². The lowest BCUT2D eigenvalue weighted by Gasteiger charge is -2.18. The summed E-state index contributed by atoms with van der Waals surface area (Å²) in [7, 11) is 7.49. The molecule has 0 spiro atoms. The van der Waals surface area contributed by atoms with Crippen molar-refractivity contribution in [3.8, 4) is 17.1 Å². The molecule has 0 saturated carbocycles. The van der Waals surface area contributed by atoms with E-state index in [1.807, 2.05) is 62.2 Å². The lowest BCUT2D eigenvalue weighted by atomic mass is 10.1. The molecule has 0 fully saturated rings. The molecule has 2 aromatic heterocycles. The van der Waals surface area contributed by atoms with Gasteiger partial charge >= 0.3 is 0 Å². The van der Waals surface area contributed by atoms with E-state index in [1.54, 1.807) is 19.4 Å². The van der Waals surface area contributed by atoms with E-state index in [-0.39, 0.29) is 5.91 Å². The molecule has 36 heavy (non-hydrogen) atoms. The number of nitrogens with one attached hydrogen (secondary N) is 3. The number of rotatable bonds is 10. The number of carbonyl (C=O) groups is 1. The van der Waals surface area contributed by atoms with Crippen molar-refractivity contribution >= 4 is 39.8 Å². The standard InChI is InChI=1S/C26H30N8O2/c1-6-24(35)29-20-15-21(23(36-5)16-19(20)27-13-14-33(2)3)31-26-28-12-11-18(30-26)25-17-9-7-8-10-22(17)34(4)32-25/h6-12,15-16,27H,1,13-14H2,2-5H3,(H,29,35)(H,28,30,31). The molecular weight excluding hydrogens is 456 g/mol. The van der Waals surface area contributed by atoms with Crippen LogP contribution in [-0.2, 0) is 11.8 Å². The van der Waals surface area contributed by atoms with Crippen molar-refractivity contribution in [3.63, 3.8) is 0 Å². The van der Waals surface area contributed by atoms with Gasteiger partial charge in [0.2, 0.25) is 11.9 Å². The number of methoxy groups -OCH3 is 1. The normalized spacial score (nSPS) is 10.9. The van der Waals surface area contributed by atoms with Crippen molar-refractivity contribution in [3.05, 3.63) is 61.3 Å². The highest BCUT2D eigenvalue weighted by molar-refractivity contribution is 6.02. The minimum absolute atomic E-state index is 0.318. The predicted octanol–water partition coefficient (Wildman–Crippen LogP) is 3.88. The minimum Gasteiger partial charge on any atom is -0.494 e. The Balaban J connectivity index is 1.68. The van der Waals surface area contributed by atoms with E-state index in [1.165, 1.54) is 6.08 Å². The third-order valence-corrected chi connectivity index (χ3v) is 5.56. The number of ether oxygens (including phenoxy) is 1. The molecule has 2 heterocycles. The molecule has 0 aliphatic heterocycles. The van der Waals surface area contributed by atoms with Crippen LogP contribution < -0.4 is 20.7 Å². The van der Waals surface area contributed by atoms with Crippen LogP contribution in [0, 0.1) is 0 Å². The number of hydrogen-bond donors (Lipinski definition) is 3. The van der Waals surface area contributed by atoms with Gasteiger partial charge in [-0.2, -0.15) is 5.10 Å². The summed E-state index contributed by atoms with van der Waals surface area (Å²) in [5.74, 6) is 0.619. The van der Waals surface area contributed by atoms with Crippen molar-refractivity contribution in [2.45, 2.75) is 0 Å². The summed E-state index contributed by atoms with van der Waals surface area (Å²) in [6.45, 7) is 5.05. The second kappa shape index (κ2) is 10.9. The summed E-state index contributed by atoms with van der Waals surface area (Å²) in [5.41, 5.74) is 4.37. The molecule has 0 aliphatic carbocycles. The quantitative estimate of drug-likeness (QED) is 0.290. The molecule has 10 heteroatoms. The second-order valence-corrected chi connectivity index (χ2v) is 8.40. The first-order valence-electron chi connectivity index (χ1n) is 11.5. The topological polar surface area (TPSA) is 109 Å². The molecule has 4 rings (SSSR count). The Bertz CT molecular complexity index is 1400. The number of hydrogen-bond acceptors (Lipinski definition) is 8. The summed E-state index contributed by atoms with van der Waals surface area (Å²) >= 11 is 0. The average Bonchev–Trinajstić information content (AvgIpc) is 3.21. The first kappa shape index (κ1) is 24.7. The third kappa shape index (κ3) is 5.44. The molecule has 1 amide bonds. The number of aryl methyl sites for hydroxylation is 1. The molecule has 186 valence electrons. The highest BCUT2D eigenvalue weighted by Crippen LogP contribution is 2.36. The van der Waals surface area contributed by atoms with Crippen molar-refractivity contribution in [1.82, 2.24) is 24.6 Å². The number of para-hydroxylation sites is 1. The summed E-state index contributed by atoms with van der Waals surface area (Å²) < 4.78 is 7.46. The monoisotopic (exact) mass is 486 g/mol. The maximum absolute atomic E-state index is 12.1. The maximum atomic E-state index is 12.1. The molecule has 10 nitrogen and oxygen atoms in total. The molecule has 0 bridgehead atoms. The summed E-state index contributed by atoms with van der Waals surface area (Å²) in [6, 6.07) is 13.4. The molecule has 0 saturated heterocycles. The Kier molecular flexibility index (Phi) is 7.45. The van der Waals surface area contributed by atoms with Crippen LogP contribution in [0.5, 0.6) is 5.75 Å². The van der Waals surface area contributed by atoms with Crippen LogP contribution in [0.15, 0.2) is 61.3 Å². The summed E-state index contributed by atoms with van der Waals surface area (Å²) in [5, 5.41) is 15.1. The Hall–Kier alpha value is -4.44. The van der Waals surface area contributed by atoms with Gasteiger partial charge in [-0.25, -0.2) is 9.97 Å². The lowest BCUT2D eigenvalue weighted by molar-refractivity contribution is -0.111. The predicted molar refractivity (Wildman–Crippen MR) is 144 cm³/mol. The molecule has 0 atom stereocenters. The van der Waals surface area contributed by atoms with E-state index in [0.717, 1.165) is 28.8 Å². The van der Waals surface area contributed by atoms with E-state index in [2.05, 4.69) is 37.5 Å². The van der Waals surface area contributed by atoms with Gasteiger partial charge in [0.25, 0.3) is 0 Å². The number of carbonyl (C=O) groups excluding carboxylic acids is 1. The number of amides is 1. The number of likely N-dealkylation sites (N-methyl/N-ethyl adjacent to an activating group) is 1. The van der Waals surface area contributed by atoms with E-state index in [0.29, 0.717) is 35.3 Å². The van der Waals surface area contributed by atoms with Crippen LogP contribution in [-0.4, -0.2) is 64.9 Å². The van der Waals surface area contributed by atoms with E-state index in [9.17, 15) is 4.79 Å². The van der Waals surface area contributed by atoms with Gasteiger partial charge in [-0.05, 0) is 38.4 Å². The molecule has 3 N–H and O–H groups in total. The Morgan fingerprint density at radius 3 is 2.72 bits per heavy atom. The van der Waals surface area contributed by atoms with Gasteiger partial charge in [-0.3, -0.25) is 9.48 Å². The van der Waals surface area contributed by atoms with Gasteiger partial charge < -0.3 is 25.6 Å². The molecule has 0 unspecified atom stereocenters. The Labute approximate surface area is 210 Å². The van der Waals surface area contributed by atoms with Crippen molar-refractivity contribution in [2.75, 3.05) is 50.2 Å². The summed E-state index contributed by atoms with van der Waals surface area (Å²) in [6.07, 6.45) is 2.91. The van der Waals surface area contributed by atoms with Gasteiger partial charge in [0.15, 0.2) is 0 Å². The fourth-order valence-electron chi connectivity index (χ4n) is 3.77. The molecule has 0 radical (unpaired) electrons. The number of aromatic nitrogens is 4. The van der Waals surface area contributed by atoms with Crippen LogP contribution >= 0.6 is 0 Å². The van der Waals surface area contributed by atoms with Crippen molar-refractivity contribution in [1.29, 1.82) is 0 Å². The Morgan fingerprint density at radius 2 is 1.97 bits per heavy atom. The first-order chi connectivity index (χ1) is 17.4. The largest absolute Gasteiger partial charge is 0.494 e. The third-order valence-electron chi connectivity index (χ3n) is 5.56. The van der Waals surface area contributed by atoms with E-state index < -0.39 is 0 Å². The first-order valence-corrected chi connectivity index (χ1v) is 11.5. The zero-order valence-electron chi connectivity index (χ0n) is 20.9. The molecular formula is C26H30N8O2. The number of nitrogens with zero attached hydrogens (tertiary/aromatic N) is 5. The second-order valence-electron chi connectivity index (χ2n) is 8.40. The fourth-order valence-corrected chi connectivity index (χ4v) is 3.77. The zero-order chi connectivity index (χ0) is 25.7. The molecule has 4 aromatic rings. The fraction of sp³-hybridized carbons (Fsp3) is 0.231. The maximum Gasteiger partial charge on any atom is 0.247 e. The molecule has 0 aliphatic rings. The highest BCUT2D eigenvalue weighted by Gasteiger charge is 2.16. The van der Waals surface area contributed by atoms with Gasteiger partial charge in [0.05, 0.1) is 35.4 Å². The van der Waals surface area contributed by atoms with E-state index >= 15 is 0 Å². The van der Waals surface area contributed by atoms with Gasteiger partial charge in [-0.1, -0.05) is 24.8 Å². The highest BCUT2D eigenvalue weighted by atomic mass is 16.5. The van der Waals surface area contributed by atoms with Crippen LogP contribution in [0.2, 0.25) is 0 Å². The van der Waals surface area contributed by atoms with Crippen LogP contribution in [0.1, 0.15) is 0 Å². The number of anilines is 4. The Morgan fingerprint density at radius 1 is 1.17 bits per heavy atom. The lowest BCUT2D eigenvalue weighted by Crippen LogP contribution is -2.21. The SMILES string of the molecule is C=CC(=O)Nc1cc(Nc2nccc(-c3nn(C)c4ccccc34)n2)c(OC)cc1NCCN(C)C. The number of fused-ring (bicyclic) bond motifs is 1. The zero-order valence-corrected chi connectivity index (χ0v) is 20.9. The van der Waals surface area contributed by atoms with Crippen molar-refractivity contribution < 1.29 is 9.53 Å². The number of benzene rings is 2.